The van der Waals surface area contributed by atoms with Crippen molar-refractivity contribution in [2.45, 2.75) is 27.2 Å². The minimum atomic E-state index is 0.968. The van der Waals surface area contributed by atoms with Crippen LogP contribution in [0.15, 0.2) is 201 Å². The molecule has 0 aliphatic heterocycles. The van der Waals surface area contributed by atoms with Crippen LogP contribution in [0.5, 0.6) is 0 Å². The summed E-state index contributed by atoms with van der Waals surface area (Å²) >= 11 is 0. The molecule has 0 radical (unpaired) electrons. The van der Waals surface area contributed by atoms with Gasteiger partial charge in [-0.1, -0.05) is 146 Å². The summed E-state index contributed by atoms with van der Waals surface area (Å²) in [4.78, 5) is 2.42. The average Bonchev–Trinajstić information content (AvgIpc) is 3.82. The van der Waals surface area contributed by atoms with Crippen molar-refractivity contribution in [2.24, 2.45) is 0 Å². The Hall–Kier alpha value is -7.42. The molecule has 0 unspecified atom stereocenters. The Morgan fingerprint density at radius 2 is 1.38 bits per heavy atom. The fourth-order valence-corrected chi connectivity index (χ4v) is 9.37. The number of hydrogen-bond acceptors (Lipinski definition) is 1. The quantitative estimate of drug-likeness (QED) is 0.133. The Morgan fingerprint density at radius 3 is 2.22 bits per heavy atom. The van der Waals surface area contributed by atoms with Crippen LogP contribution in [0.25, 0.3) is 72.2 Å². The molecular formula is C58H46N2. The maximum Gasteiger partial charge on any atom is 0.0547 e. The molecule has 8 aromatic carbocycles. The highest BCUT2D eigenvalue weighted by Gasteiger charge is 2.24. The van der Waals surface area contributed by atoms with E-state index in [1.54, 1.807) is 0 Å². The van der Waals surface area contributed by atoms with E-state index in [-0.39, 0.29) is 0 Å². The second-order valence-corrected chi connectivity index (χ2v) is 15.7. The molecule has 0 amide bonds. The maximum atomic E-state index is 4.16. The summed E-state index contributed by atoms with van der Waals surface area (Å²) in [6.07, 6.45) is 13.5. The van der Waals surface area contributed by atoms with Crippen LogP contribution in [-0.2, 0) is 6.42 Å². The summed E-state index contributed by atoms with van der Waals surface area (Å²) in [5.41, 5.74) is 19.3. The van der Waals surface area contributed by atoms with Gasteiger partial charge in [0.1, 0.15) is 0 Å². The van der Waals surface area contributed by atoms with Gasteiger partial charge in [0.05, 0.1) is 22.4 Å². The van der Waals surface area contributed by atoms with Crippen LogP contribution in [0.4, 0.5) is 17.1 Å². The molecule has 2 heteroatoms. The van der Waals surface area contributed by atoms with Crippen molar-refractivity contribution in [1.29, 1.82) is 0 Å². The third kappa shape index (κ3) is 6.20. The zero-order chi connectivity index (χ0) is 40.7. The third-order valence-corrected chi connectivity index (χ3v) is 12.1. The fraction of sp³-hybridized carbons (Fsp3) is 0.0690. The normalized spacial score (nSPS) is 12.6. The van der Waals surface area contributed by atoms with Gasteiger partial charge in [-0.25, -0.2) is 0 Å². The van der Waals surface area contributed by atoms with Crippen molar-refractivity contribution in [3.8, 4) is 27.9 Å². The first kappa shape index (κ1) is 36.9. The molecule has 1 aliphatic rings. The van der Waals surface area contributed by atoms with Gasteiger partial charge < -0.3 is 9.47 Å². The second-order valence-electron chi connectivity index (χ2n) is 15.7. The fourth-order valence-electron chi connectivity index (χ4n) is 9.37. The van der Waals surface area contributed by atoms with Crippen molar-refractivity contribution in [3.63, 3.8) is 0 Å². The van der Waals surface area contributed by atoms with E-state index in [9.17, 15) is 0 Å². The van der Waals surface area contributed by atoms with E-state index in [1.165, 1.54) is 77.1 Å². The lowest BCUT2D eigenvalue weighted by atomic mass is 9.95. The summed E-state index contributed by atoms with van der Waals surface area (Å²) in [5, 5.41) is 5.03. The van der Waals surface area contributed by atoms with Gasteiger partial charge in [-0.05, 0) is 143 Å². The predicted octanol–water partition coefficient (Wildman–Crippen LogP) is 16.1. The van der Waals surface area contributed by atoms with Crippen LogP contribution >= 0.6 is 0 Å². The number of rotatable bonds is 9. The Balaban J connectivity index is 1.25. The largest absolute Gasteiger partial charge is 0.309 e. The number of fused-ring (bicyclic) bond motifs is 8. The molecule has 0 atom stereocenters. The van der Waals surface area contributed by atoms with Crippen molar-refractivity contribution < 1.29 is 0 Å². The van der Waals surface area contributed by atoms with Gasteiger partial charge in [0.2, 0.25) is 0 Å². The van der Waals surface area contributed by atoms with Gasteiger partial charge >= 0.3 is 0 Å². The first-order chi connectivity index (χ1) is 29.6. The first-order valence-corrected chi connectivity index (χ1v) is 20.9. The van der Waals surface area contributed by atoms with E-state index >= 15 is 0 Å². The molecule has 288 valence electrons. The van der Waals surface area contributed by atoms with Crippen LogP contribution in [-0.4, -0.2) is 4.57 Å². The van der Waals surface area contributed by atoms with Gasteiger partial charge in [0.25, 0.3) is 0 Å². The number of allylic oxidation sites excluding steroid dienone is 6. The van der Waals surface area contributed by atoms with Gasteiger partial charge in [-0.15, -0.1) is 0 Å². The Morgan fingerprint density at radius 1 is 0.617 bits per heavy atom. The highest BCUT2D eigenvalue weighted by molar-refractivity contribution is 6.23. The van der Waals surface area contributed by atoms with Crippen molar-refractivity contribution >= 4 is 61.3 Å². The van der Waals surface area contributed by atoms with Crippen LogP contribution in [0, 0.1) is 6.92 Å². The highest BCUT2D eigenvalue weighted by Crippen LogP contribution is 2.47. The van der Waals surface area contributed by atoms with Crippen molar-refractivity contribution in [3.05, 3.63) is 229 Å². The molecule has 0 spiro atoms. The third-order valence-electron chi connectivity index (χ3n) is 12.1. The minimum Gasteiger partial charge on any atom is -0.309 e. The van der Waals surface area contributed by atoms with Gasteiger partial charge in [-0.3, -0.25) is 0 Å². The SMILES string of the molecule is C=C/C(=C\C=C/C)c1cccc(-n2c3ccc(-c4ccccc4N(c4ccccc4)c4cccc(C)c4/C=C\C)cc3c3c4cc5c(cc4ccc32)Cc2ccccc2-5)c1. The molecule has 10 rings (SSSR count). The topological polar surface area (TPSA) is 8.17 Å². The van der Waals surface area contributed by atoms with Gasteiger partial charge in [0.15, 0.2) is 0 Å². The lowest BCUT2D eigenvalue weighted by Crippen LogP contribution is -2.13. The Labute approximate surface area is 353 Å². The predicted molar refractivity (Wildman–Crippen MR) is 259 cm³/mol. The summed E-state index contributed by atoms with van der Waals surface area (Å²) in [5.74, 6) is 0. The molecule has 0 saturated carbocycles. The van der Waals surface area contributed by atoms with Crippen LogP contribution in [0.1, 0.15) is 41.7 Å². The molecule has 2 nitrogen and oxygen atoms in total. The molecule has 1 heterocycles. The number of hydrogen-bond donors (Lipinski definition) is 0. The zero-order valence-electron chi connectivity index (χ0n) is 34.4. The molecular weight excluding hydrogens is 725 g/mol. The lowest BCUT2D eigenvalue weighted by molar-refractivity contribution is 1.18. The van der Waals surface area contributed by atoms with Crippen molar-refractivity contribution in [1.82, 2.24) is 4.57 Å². The van der Waals surface area contributed by atoms with E-state index < -0.39 is 0 Å². The minimum absolute atomic E-state index is 0.968. The van der Waals surface area contributed by atoms with E-state index in [0.717, 1.165) is 40.3 Å². The molecule has 1 aliphatic carbocycles. The molecule has 0 fully saturated rings. The van der Waals surface area contributed by atoms with Crippen LogP contribution < -0.4 is 4.90 Å². The smallest absolute Gasteiger partial charge is 0.0547 e. The molecule has 0 N–H and O–H groups in total. The molecule has 60 heavy (non-hydrogen) atoms. The number of para-hydroxylation sites is 2. The lowest BCUT2D eigenvalue weighted by Gasteiger charge is -2.30. The highest BCUT2D eigenvalue weighted by atomic mass is 15.1. The van der Waals surface area contributed by atoms with Crippen LogP contribution in [0.2, 0.25) is 0 Å². The number of anilines is 3. The molecule has 0 saturated heterocycles. The van der Waals surface area contributed by atoms with E-state index in [1.807, 2.05) is 13.0 Å². The monoisotopic (exact) mass is 770 g/mol. The maximum absolute atomic E-state index is 4.16. The molecule has 1 aromatic heterocycles. The Kier molecular flexibility index (Phi) is 9.47. The Bertz CT molecular complexity index is 3230. The average molecular weight is 771 g/mol. The van der Waals surface area contributed by atoms with E-state index in [2.05, 4.69) is 224 Å². The van der Waals surface area contributed by atoms with Gasteiger partial charge in [0, 0.05) is 33.3 Å². The van der Waals surface area contributed by atoms with E-state index in [4.69, 9.17) is 0 Å². The standard InChI is InChI=1S/C58H46N2/c1-5-8-20-40(7-3)41-22-17-25-47(36-41)60-56-32-30-44(37-53(56)58-52-38-51-45(35-43(52)31-33-57(58)60)34-42-21-12-13-26-49(42)51)50-27-14-15-28-55(50)59(46-23-10-9-11-24-46)54-29-16-19-39(4)48(54)18-6-2/h5-33,35-38H,3,34H2,1-2,4H3/b8-5-,18-6-,40-20+. The van der Waals surface area contributed by atoms with Crippen LogP contribution in [0.3, 0.4) is 0 Å². The number of aromatic nitrogens is 1. The number of benzene rings is 8. The van der Waals surface area contributed by atoms with E-state index in [0.29, 0.717) is 0 Å². The summed E-state index contributed by atoms with van der Waals surface area (Å²) in [6.45, 7) is 10.5. The summed E-state index contributed by atoms with van der Waals surface area (Å²) in [6, 6.07) is 60.6. The second kappa shape index (κ2) is 15.4. The van der Waals surface area contributed by atoms with Crippen molar-refractivity contribution in [2.75, 3.05) is 4.90 Å². The number of aryl methyl sites for hydroxylation is 1. The molecule has 0 bridgehead atoms. The molecule has 9 aromatic rings. The summed E-state index contributed by atoms with van der Waals surface area (Å²) in [7, 11) is 0. The van der Waals surface area contributed by atoms with Gasteiger partial charge in [-0.2, -0.15) is 0 Å². The number of nitrogens with zero attached hydrogens (tertiary/aromatic N) is 2. The summed E-state index contributed by atoms with van der Waals surface area (Å²) < 4.78 is 2.45. The zero-order valence-corrected chi connectivity index (χ0v) is 34.4. The first-order valence-electron chi connectivity index (χ1n) is 20.9.